The lowest BCUT2D eigenvalue weighted by Crippen LogP contribution is -2.29. The molecule has 1 aliphatic rings. The monoisotopic (exact) mass is 347 g/mol. The number of sulfonamides is 1. The normalized spacial score (nSPS) is 20.3. The number of aromatic carboxylic acids is 1. The summed E-state index contributed by atoms with van der Waals surface area (Å²) in [5.74, 6) is -0.990. The van der Waals surface area contributed by atoms with Gasteiger partial charge in [0, 0.05) is 29.6 Å². The number of thiophene rings is 2. The molecule has 1 aliphatic heterocycles. The number of fused-ring (bicyclic) bond motifs is 1. The van der Waals surface area contributed by atoms with Crippen LogP contribution in [0.4, 0.5) is 0 Å². The fourth-order valence-corrected chi connectivity index (χ4v) is 6.56. The molecule has 2 aromatic rings. The first-order valence-corrected chi connectivity index (χ1v) is 9.28. The zero-order chi connectivity index (χ0) is 15.2. The van der Waals surface area contributed by atoms with E-state index in [1.165, 1.54) is 10.4 Å². The standard InChI is InChI=1S/C12H13NO5S3/c1-18-7-2-3-13(6-7)21(16,17)11-5-9-8(20-11)4-10(19-9)12(14)15/h4-5,7H,2-3,6H2,1H3,(H,14,15). The largest absolute Gasteiger partial charge is 0.477 e. The Bertz CT molecular complexity index is 760. The van der Waals surface area contributed by atoms with Crippen molar-refractivity contribution in [2.45, 2.75) is 16.7 Å². The van der Waals surface area contributed by atoms with Crippen molar-refractivity contribution in [3.63, 3.8) is 0 Å². The molecule has 0 bridgehead atoms. The molecule has 9 heteroatoms. The third-order valence-corrected chi connectivity index (χ3v) is 8.03. The number of carboxylic acids is 1. The Kier molecular flexibility index (Phi) is 3.78. The molecular formula is C12H13NO5S3. The first-order valence-electron chi connectivity index (χ1n) is 6.21. The fourth-order valence-electron chi connectivity index (χ4n) is 2.28. The molecule has 1 atom stereocenters. The average molecular weight is 347 g/mol. The molecule has 2 aromatic heterocycles. The molecule has 3 heterocycles. The molecule has 0 spiro atoms. The molecule has 1 saturated heterocycles. The van der Waals surface area contributed by atoms with Gasteiger partial charge in [0.2, 0.25) is 0 Å². The van der Waals surface area contributed by atoms with Gasteiger partial charge >= 0.3 is 5.97 Å². The van der Waals surface area contributed by atoms with Crippen LogP contribution in [0.25, 0.3) is 9.40 Å². The molecule has 0 radical (unpaired) electrons. The van der Waals surface area contributed by atoms with Gasteiger partial charge in [-0.2, -0.15) is 4.31 Å². The van der Waals surface area contributed by atoms with E-state index in [0.29, 0.717) is 28.9 Å². The molecular weight excluding hydrogens is 334 g/mol. The number of hydrogen-bond donors (Lipinski definition) is 1. The predicted octanol–water partition coefficient (Wildman–Crippen LogP) is 2.07. The Morgan fingerprint density at radius 2 is 2.10 bits per heavy atom. The van der Waals surface area contributed by atoms with Crippen LogP contribution in [-0.4, -0.2) is 50.1 Å². The van der Waals surface area contributed by atoms with Crippen LogP contribution in [0.15, 0.2) is 16.3 Å². The summed E-state index contributed by atoms with van der Waals surface area (Å²) in [5.41, 5.74) is 0. The lowest BCUT2D eigenvalue weighted by atomic mass is 10.3. The van der Waals surface area contributed by atoms with Gasteiger partial charge < -0.3 is 9.84 Å². The van der Waals surface area contributed by atoms with E-state index < -0.39 is 16.0 Å². The van der Waals surface area contributed by atoms with E-state index in [1.54, 1.807) is 13.2 Å². The van der Waals surface area contributed by atoms with Gasteiger partial charge in [-0.3, -0.25) is 0 Å². The molecule has 1 fully saturated rings. The summed E-state index contributed by atoms with van der Waals surface area (Å²) in [7, 11) is -1.94. The summed E-state index contributed by atoms with van der Waals surface area (Å²) < 4.78 is 33.4. The summed E-state index contributed by atoms with van der Waals surface area (Å²) in [6, 6.07) is 3.08. The summed E-state index contributed by atoms with van der Waals surface area (Å²) in [6.07, 6.45) is 0.637. The van der Waals surface area contributed by atoms with Crippen molar-refractivity contribution < 1.29 is 23.1 Å². The molecule has 0 saturated carbocycles. The van der Waals surface area contributed by atoms with Crippen LogP contribution in [0, 0.1) is 0 Å². The smallest absolute Gasteiger partial charge is 0.345 e. The van der Waals surface area contributed by atoms with Gasteiger partial charge in [-0.1, -0.05) is 0 Å². The molecule has 6 nitrogen and oxygen atoms in total. The maximum atomic E-state index is 12.6. The SMILES string of the molecule is COC1CCN(S(=O)(=O)c2cc3sc(C(=O)O)cc3s2)C1. The van der Waals surface area contributed by atoms with Crippen molar-refractivity contribution in [3.05, 3.63) is 17.0 Å². The summed E-state index contributed by atoms with van der Waals surface area (Å²) >= 11 is 2.21. The predicted molar refractivity (Wildman–Crippen MR) is 80.8 cm³/mol. The lowest BCUT2D eigenvalue weighted by molar-refractivity contribution is 0.0702. The average Bonchev–Trinajstić information content (AvgIpc) is 3.12. The molecule has 0 aromatic carbocycles. The maximum Gasteiger partial charge on any atom is 0.345 e. The van der Waals surface area contributed by atoms with E-state index in [1.807, 2.05) is 0 Å². The van der Waals surface area contributed by atoms with Crippen molar-refractivity contribution in [3.8, 4) is 0 Å². The minimum atomic E-state index is -3.52. The van der Waals surface area contributed by atoms with Crippen LogP contribution in [0.1, 0.15) is 16.1 Å². The van der Waals surface area contributed by atoms with Gasteiger partial charge in [0.15, 0.2) is 0 Å². The van der Waals surface area contributed by atoms with E-state index in [-0.39, 0.29) is 15.2 Å². The molecule has 1 N–H and O–H groups in total. The Balaban J connectivity index is 1.92. The third kappa shape index (κ3) is 2.59. The quantitative estimate of drug-likeness (QED) is 0.915. The second-order valence-corrected chi connectivity index (χ2v) is 9.05. The van der Waals surface area contributed by atoms with Crippen molar-refractivity contribution in [2.75, 3.05) is 20.2 Å². The molecule has 114 valence electrons. The van der Waals surface area contributed by atoms with Crippen LogP contribution in [0.2, 0.25) is 0 Å². The molecule has 3 rings (SSSR count). The minimum Gasteiger partial charge on any atom is -0.477 e. The lowest BCUT2D eigenvalue weighted by Gasteiger charge is -2.14. The van der Waals surface area contributed by atoms with Gasteiger partial charge in [0.05, 0.1) is 6.10 Å². The van der Waals surface area contributed by atoms with Crippen molar-refractivity contribution >= 4 is 48.1 Å². The molecule has 21 heavy (non-hydrogen) atoms. The third-order valence-electron chi connectivity index (χ3n) is 3.43. The number of methoxy groups -OCH3 is 1. The van der Waals surface area contributed by atoms with E-state index in [9.17, 15) is 13.2 Å². The summed E-state index contributed by atoms with van der Waals surface area (Å²) in [4.78, 5) is 11.1. The fraction of sp³-hybridized carbons (Fsp3) is 0.417. The van der Waals surface area contributed by atoms with Crippen LogP contribution in [0.3, 0.4) is 0 Å². The van der Waals surface area contributed by atoms with Gasteiger partial charge in [0.25, 0.3) is 10.0 Å². The topological polar surface area (TPSA) is 83.9 Å². The second-order valence-electron chi connectivity index (χ2n) is 4.72. The summed E-state index contributed by atoms with van der Waals surface area (Å²) in [5, 5.41) is 8.94. The molecule has 0 amide bonds. The Morgan fingerprint density at radius 3 is 2.67 bits per heavy atom. The zero-order valence-corrected chi connectivity index (χ0v) is 13.6. The van der Waals surface area contributed by atoms with Crippen molar-refractivity contribution in [2.24, 2.45) is 0 Å². The van der Waals surface area contributed by atoms with Crippen LogP contribution in [0.5, 0.6) is 0 Å². The molecule has 1 unspecified atom stereocenters. The zero-order valence-electron chi connectivity index (χ0n) is 11.1. The first-order chi connectivity index (χ1) is 9.91. The van der Waals surface area contributed by atoms with E-state index >= 15 is 0 Å². The second kappa shape index (κ2) is 5.33. The number of ether oxygens (including phenoxy) is 1. The van der Waals surface area contributed by atoms with Crippen LogP contribution >= 0.6 is 22.7 Å². The van der Waals surface area contributed by atoms with E-state index in [0.717, 1.165) is 22.7 Å². The number of carbonyl (C=O) groups is 1. The minimum absolute atomic E-state index is 0.0560. The highest BCUT2D eigenvalue weighted by Crippen LogP contribution is 2.37. The number of rotatable bonds is 4. The Labute approximate surface area is 129 Å². The van der Waals surface area contributed by atoms with Gasteiger partial charge in [-0.15, -0.1) is 22.7 Å². The van der Waals surface area contributed by atoms with E-state index in [4.69, 9.17) is 9.84 Å². The number of nitrogens with zero attached hydrogens (tertiary/aromatic N) is 1. The maximum absolute atomic E-state index is 12.6. The Morgan fingerprint density at radius 1 is 1.38 bits per heavy atom. The summed E-state index contributed by atoms with van der Waals surface area (Å²) in [6.45, 7) is 0.817. The van der Waals surface area contributed by atoms with Gasteiger partial charge in [0.1, 0.15) is 9.09 Å². The highest BCUT2D eigenvalue weighted by molar-refractivity contribution is 7.91. The van der Waals surface area contributed by atoms with Crippen molar-refractivity contribution in [1.82, 2.24) is 4.31 Å². The molecule has 0 aliphatic carbocycles. The van der Waals surface area contributed by atoms with Gasteiger partial charge in [-0.25, -0.2) is 13.2 Å². The number of carboxylic acid groups (broad SMARTS) is 1. The Hall–Kier alpha value is -1.000. The van der Waals surface area contributed by atoms with Crippen LogP contribution in [-0.2, 0) is 14.8 Å². The highest BCUT2D eigenvalue weighted by atomic mass is 32.2. The van der Waals surface area contributed by atoms with Gasteiger partial charge in [-0.05, 0) is 18.6 Å². The van der Waals surface area contributed by atoms with Crippen LogP contribution < -0.4 is 0 Å². The highest BCUT2D eigenvalue weighted by Gasteiger charge is 2.33. The van der Waals surface area contributed by atoms with Crippen molar-refractivity contribution in [1.29, 1.82) is 0 Å². The first kappa shape index (κ1) is 14.9. The van der Waals surface area contributed by atoms with E-state index in [2.05, 4.69) is 0 Å². The number of hydrogen-bond acceptors (Lipinski definition) is 6.